The summed E-state index contributed by atoms with van der Waals surface area (Å²) in [7, 11) is 0. The van der Waals surface area contributed by atoms with Gasteiger partial charge in [-0.25, -0.2) is 0 Å². The first-order valence-corrected chi connectivity index (χ1v) is 2.90. The van der Waals surface area contributed by atoms with Crippen molar-refractivity contribution in [3.63, 3.8) is 0 Å². The van der Waals surface area contributed by atoms with E-state index in [4.69, 9.17) is 10.9 Å². The number of allylic oxidation sites excluding steroid dienone is 3. The van der Waals surface area contributed by atoms with E-state index >= 15 is 0 Å². The van der Waals surface area contributed by atoms with Gasteiger partial charge in [-0.3, -0.25) is 10.7 Å². The van der Waals surface area contributed by atoms with Crippen LogP contribution in [0.3, 0.4) is 0 Å². The molecule has 3 heteroatoms. The van der Waals surface area contributed by atoms with Crippen LogP contribution in [0.1, 0.15) is 12.8 Å². The van der Waals surface area contributed by atoms with Crippen molar-refractivity contribution >= 4 is 0 Å². The van der Waals surface area contributed by atoms with E-state index in [1.54, 1.807) is 6.08 Å². The van der Waals surface area contributed by atoms with Gasteiger partial charge in [0.15, 0.2) is 0 Å². The molecule has 1 aliphatic rings. The molecule has 0 atom stereocenters. The molecule has 0 amide bonds. The molecule has 1 rings (SSSR count). The molecular weight excluding hydrogens is 116 g/mol. The van der Waals surface area contributed by atoms with Crippen molar-refractivity contribution < 1.29 is 5.21 Å². The Morgan fingerprint density at radius 3 is 2.89 bits per heavy atom. The van der Waals surface area contributed by atoms with Gasteiger partial charge in [0, 0.05) is 0 Å². The molecule has 0 heterocycles. The van der Waals surface area contributed by atoms with E-state index in [9.17, 15) is 0 Å². The Labute approximate surface area is 53.8 Å². The molecule has 50 valence electrons. The first-order valence-electron chi connectivity index (χ1n) is 2.90. The quantitative estimate of drug-likeness (QED) is 0.448. The van der Waals surface area contributed by atoms with Crippen molar-refractivity contribution in [3.8, 4) is 0 Å². The minimum Gasteiger partial charge on any atom is -0.397 e. The van der Waals surface area contributed by atoms with Gasteiger partial charge in [0.05, 0.1) is 11.4 Å². The maximum atomic E-state index is 8.44. The van der Waals surface area contributed by atoms with E-state index in [0.717, 1.165) is 18.5 Å². The molecule has 3 nitrogen and oxygen atoms in total. The highest BCUT2D eigenvalue weighted by atomic mass is 16.5. The third-order valence-corrected chi connectivity index (χ3v) is 1.34. The SMILES string of the molecule is NC1=C(NO)CCC=C1. The summed E-state index contributed by atoms with van der Waals surface area (Å²) in [5.41, 5.74) is 8.87. The van der Waals surface area contributed by atoms with Crippen LogP contribution in [0.4, 0.5) is 0 Å². The molecule has 0 fully saturated rings. The third-order valence-electron chi connectivity index (χ3n) is 1.34. The highest BCUT2D eigenvalue weighted by Crippen LogP contribution is 2.11. The van der Waals surface area contributed by atoms with E-state index in [1.165, 1.54) is 0 Å². The second-order valence-electron chi connectivity index (χ2n) is 1.99. The minimum atomic E-state index is 0.628. The molecule has 0 saturated heterocycles. The Morgan fingerprint density at radius 1 is 1.67 bits per heavy atom. The maximum Gasteiger partial charge on any atom is 0.0608 e. The van der Waals surface area contributed by atoms with Crippen molar-refractivity contribution in [2.75, 3.05) is 0 Å². The van der Waals surface area contributed by atoms with E-state index in [1.807, 2.05) is 6.08 Å². The smallest absolute Gasteiger partial charge is 0.0608 e. The highest BCUT2D eigenvalue weighted by molar-refractivity contribution is 5.24. The Morgan fingerprint density at radius 2 is 2.44 bits per heavy atom. The van der Waals surface area contributed by atoms with Gasteiger partial charge in [-0.2, -0.15) is 0 Å². The molecule has 0 unspecified atom stereocenters. The van der Waals surface area contributed by atoms with Crippen molar-refractivity contribution in [3.05, 3.63) is 23.5 Å². The average Bonchev–Trinajstić information content (AvgIpc) is 1.89. The van der Waals surface area contributed by atoms with E-state index in [2.05, 4.69) is 5.48 Å². The summed E-state index contributed by atoms with van der Waals surface area (Å²) in [6, 6.07) is 0. The minimum absolute atomic E-state index is 0.628. The van der Waals surface area contributed by atoms with Crippen LogP contribution in [0.5, 0.6) is 0 Å². The fourth-order valence-corrected chi connectivity index (χ4v) is 0.803. The van der Waals surface area contributed by atoms with E-state index in [-0.39, 0.29) is 0 Å². The van der Waals surface area contributed by atoms with Gasteiger partial charge in [0.2, 0.25) is 0 Å². The largest absolute Gasteiger partial charge is 0.397 e. The predicted octanol–water partition coefficient (Wildman–Crippen LogP) is 0.485. The first kappa shape index (κ1) is 6.16. The van der Waals surface area contributed by atoms with Crippen LogP contribution in [-0.4, -0.2) is 5.21 Å². The van der Waals surface area contributed by atoms with Gasteiger partial charge < -0.3 is 5.73 Å². The number of hydrogen-bond acceptors (Lipinski definition) is 3. The van der Waals surface area contributed by atoms with Crippen LogP contribution in [0.25, 0.3) is 0 Å². The molecule has 9 heavy (non-hydrogen) atoms. The number of hydroxylamine groups is 1. The van der Waals surface area contributed by atoms with Crippen molar-refractivity contribution in [1.29, 1.82) is 0 Å². The topological polar surface area (TPSA) is 58.3 Å². The number of nitrogens with one attached hydrogen (secondary N) is 1. The predicted molar refractivity (Wildman–Crippen MR) is 34.5 cm³/mol. The molecule has 0 radical (unpaired) electrons. The zero-order chi connectivity index (χ0) is 6.69. The second-order valence-corrected chi connectivity index (χ2v) is 1.99. The fraction of sp³-hybridized carbons (Fsp3) is 0.333. The standard InChI is InChI=1S/C6H10N2O/c7-5-3-1-2-4-6(5)8-9/h1,3,8-9H,2,4,7H2. The van der Waals surface area contributed by atoms with E-state index in [0.29, 0.717) is 5.70 Å². The Balaban J connectivity index is 2.72. The number of rotatable bonds is 1. The fourth-order valence-electron chi connectivity index (χ4n) is 0.803. The molecule has 0 aromatic heterocycles. The first-order chi connectivity index (χ1) is 4.34. The maximum absolute atomic E-state index is 8.44. The number of nitrogens with two attached hydrogens (primary N) is 1. The molecule has 0 bridgehead atoms. The molecule has 0 saturated carbocycles. The van der Waals surface area contributed by atoms with Crippen molar-refractivity contribution in [2.45, 2.75) is 12.8 Å². The lowest BCUT2D eigenvalue weighted by Crippen LogP contribution is -2.15. The summed E-state index contributed by atoms with van der Waals surface area (Å²) < 4.78 is 0. The van der Waals surface area contributed by atoms with Crippen LogP contribution < -0.4 is 11.2 Å². The molecular formula is C6H10N2O. The third kappa shape index (κ3) is 1.23. The lowest BCUT2D eigenvalue weighted by atomic mass is 10.1. The lowest BCUT2D eigenvalue weighted by Gasteiger charge is -2.09. The monoisotopic (exact) mass is 126 g/mol. The molecule has 0 spiro atoms. The molecule has 0 aliphatic heterocycles. The molecule has 0 aromatic rings. The van der Waals surface area contributed by atoms with Gasteiger partial charge in [-0.15, -0.1) is 0 Å². The zero-order valence-electron chi connectivity index (χ0n) is 5.09. The van der Waals surface area contributed by atoms with E-state index < -0.39 is 0 Å². The Bertz CT molecular complexity index is 160. The summed E-state index contributed by atoms with van der Waals surface area (Å²) >= 11 is 0. The highest BCUT2D eigenvalue weighted by Gasteiger charge is 2.02. The normalized spacial score (nSPS) is 18.3. The summed E-state index contributed by atoms with van der Waals surface area (Å²) in [6.45, 7) is 0. The van der Waals surface area contributed by atoms with Crippen LogP contribution >= 0.6 is 0 Å². The van der Waals surface area contributed by atoms with Crippen molar-refractivity contribution in [1.82, 2.24) is 5.48 Å². The molecule has 4 N–H and O–H groups in total. The number of hydrogen-bond donors (Lipinski definition) is 3. The second kappa shape index (κ2) is 2.55. The zero-order valence-corrected chi connectivity index (χ0v) is 5.09. The van der Waals surface area contributed by atoms with Gasteiger partial charge in [0.25, 0.3) is 0 Å². The Hall–Kier alpha value is -0.960. The van der Waals surface area contributed by atoms with Crippen molar-refractivity contribution in [2.24, 2.45) is 5.73 Å². The average molecular weight is 126 g/mol. The van der Waals surface area contributed by atoms with Crippen LogP contribution in [0.2, 0.25) is 0 Å². The summed E-state index contributed by atoms with van der Waals surface area (Å²) in [4.78, 5) is 0. The molecule has 0 aromatic carbocycles. The van der Waals surface area contributed by atoms with Crippen LogP contribution in [-0.2, 0) is 0 Å². The van der Waals surface area contributed by atoms with Gasteiger partial charge in [-0.1, -0.05) is 6.08 Å². The summed E-state index contributed by atoms with van der Waals surface area (Å²) in [6.07, 6.45) is 5.53. The van der Waals surface area contributed by atoms with Gasteiger partial charge in [0.1, 0.15) is 0 Å². The summed E-state index contributed by atoms with van der Waals surface area (Å²) in [5, 5.41) is 8.44. The lowest BCUT2D eigenvalue weighted by molar-refractivity contribution is 0.194. The summed E-state index contributed by atoms with van der Waals surface area (Å²) in [5.74, 6) is 0. The Kier molecular flexibility index (Phi) is 1.75. The van der Waals surface area contributed by atoms with Crippen LogP contribution in [0, 0.1) is 0 Å². The van der Waals surface area contributed by atoms with Gasteiger partial charge >= 0.3 is 0 Å². The van der Waals surface area contributed by atoms with Gasteiger partial charge in [-0.05, 0) is 18.9 Å². The van der Waals surface area contributed by atoms with Crippen LogP contribution in [0.15, 0.2) is 23.5 Å². The molecule has 1 aliphatic carbocycles.